The number of phenols is 1. The lowest BCUT2D eigenvalue weighted by molar-refractivity contribution is -0.139. The molecule has 0 aromatic heterocycles. The van der Waals surface area contributed by atoms with Crippen LogP contribution in [0, 0.1) is 0 Å². The fourth-order valence-electron chi connectivity index (χ4n) is 1.69. The van der Waals surface area contributed by atoms with Crippen LogP contribution in [0.3, 0.4) is 0 Å². The number of carbonyl (C=O) groups excluding carboxylic acids is 2. The predicted octanol–water partition coefficient (Wildman–Crippen LogP) is 3.23. The Bertz CT molecular complexity index is 504. The number of hydrogen-bond donors (Lipinski definition) is 1. The zero-order valence-electron chi connectivity index (χ0n) is 12.8. The first-order valence-electron chi connectivity index (χ1n) is 7.29. The molecule has 0 atom stereocenters. The van der Waals surface area contributed by atoms with Crippen LogP contribution in [0.2, 0.25) is 0 Å². The highest BCUT2D eigenvalue weighted by Crippen LogP contribution is 2.11. The summed E-state index contributed by atoms with van der Waals surface area (Å²) >= 11 is 0. The van der Waals surface area contributed by atoms with Crippen molar-refractivity contribution in [2.75, 3.05) is 13.2 Å². The Hall–Kier alpha value is -2.30. The molecule has 0 fully saturated rings. The van der Waals surface area contributed by atoms with Crippen LogP contribution < -0.4 is 0 Å². The molecule has 120 valence electrons. The van der Waals surface area contributed by atoms with Gasteiger partial charge in [0.2, 0.25) is 0 Å². The highest BCUT2D eigenvalue weighted by Gasteiger charge is 2.06. The zero-order valence-corrected chi connectivity index (χ0v) is 12.8. The summed E-state index contributed by atoms with van der Waals surface area (Å²) in [6.07, 6.45) is 3.34. The molecule has 0 saturated carbocycles. The van der Waals surface area contributed by atoms with Gasteiger partial charge in [0.1, 0.15) is 5.75 Å². The quantitative estimate of drug-likeness (QED) is 0.431. The smallest absolute Gasteiger partial charge is 0.338 e. The van der Waals surface area contributed by atoms with E-state index in [-0.39, 0.29) is 11.7 Å². The average molecular weight is 306 g/mol. The van der Waals surface area contributed by atoms with Crippen molar-refractivity contribution < 1.29 is 24.2 Å². The van der Waals surface area contributed by atoms with Crippen molar-refractivity contribution in [1.29, 1.82) is 0 Å². The standard InChI is InChI=1S/C17H22O5/c1-13(2)16(19)21-11-5-3-4-6-12-22-17(20)14-7-9-15(18)10-8-14/h7-10,18H,1,3-6,11-12H2,2H3. The first kappa shape index (κ1) is 17.8. The SMILES string of the molecule is C=C(C)C(=O)OCCCCCCOC(=O)c1ccc(O)cc1. The minimum atomic E-state index is -0.393. The second-order valence-electron chi connectivity index (χ2n) is 5.01. The summed E-state index contributed by atoms with van der Waals surface area (Å²) < 4.78 is 10.1. The maximum Gasteiger partial charge on any atom is 0.338 e. The van der Waals surface area contributed by atoms with Gasteiger partial charge in [-0.2, -0.15) is 0 Å². The van der Waals surface area contributed by atoms with Gasteiger partial charge in [-0.05, 0) is 56.9 Å². The van der Waals surface area contributed by atoms with Gasteiger partial charge in [-0.15, -0.1) is 0 Å². The molecule has 0 aliphatic heterocycles. The van der Waals surface area contributed by atoms with E-state index in [0.717, 1.165) is 25.7 Å². The molecule has 0 radical (unpaired) electrons. The Labute approximate surface area is 130 Å². The Morgan fingerprint density at radius 3 is 2.09 bits per heavy atom. The van der Waals surface area contributed by atoms with E-state index >= 15 is 0 Å². The van der Waals surface area contributed by atoms with E-state index in [4.69, 9.17) is 14.6 Å². The normalized spacial score (nSPS) is 10.0. The Kier molecular flexibility index (Phi) is 7.75. The molecular formula is C17H22O5. The first-order valence-corrected chi connectivity index (χ1v) is 7.29. The van der Waals surface area contributed by atoms with Gasteiger partial charge in [-0.1, -0.05) is 6.58 Å². The van der Waals surface area contributed by atoms with Gasteiger partial charge in [0.25, 0.3) is 0 Å². The molecular weight excluding hydrogens is 284 g/mol. The van der Waals surface area contributed by atoms with Crippen LogP contribution in [0.15, 0.2) is 36.4 Å². The predicted molar refractivity (Wildman–Crippen MR) is 82.6 cm³/mol. The van der Waals surface area contributed by atoms with Gasteiger partial charge in [-0.25, -0.2) is 9.59 Å². The molecule has 1 N–H and O–H groups in total. The summed E-state index contributed by atoms with van der Waals surface area (Å²) in [6.45, 7) is 5.86. The summed E-state index contributed by atoms with van der Waals surface area (Å²) in [5, 5.41) is 9.13. The van der Waals surface area contributed by atoms with E-state index in [9.17, 15) is 9.59 Å². The number of unbranched alkanes of at least 4 members (excludes halogenated alkanes) is 3. The summed E-state index contributed by atoms with van der Waals surface area (Å²) in [6, 6.07) is 5.94. The van der Waals surface area contributed by atoms with Gasteiger partial charge in [-0.3, -0.25) is 0 Å². The minimum Gasteiger partial charge on any atom is -0.508 e. The summed E-state index contributed by atoms with van der Waals surface area (Å²) in [7, 11) is 0. The molecule has 0 bridgehead atoms. The van der Waals surface area contributed by atoms with Crippen LogP contribution in [0.4, 0.5) is 0 Å². The lowest BCUT2D eigenvalue weighted by Gasteiger charge is -2.06. The third-order valence-corrected chi connectivity index (χ3v) is 2.96. The molecule has 0 aliphatic rings. The maximum absolute atomic E-state index is 11.7. The van der Waals surface area contributed by atoms with Crippen molar-refractivity contribution in [2.24, 2.45) is 0 Å². The molecule has 1 rings (SSSR count). The van der Waals surface area contributed by atoms with Crippen LogP contribution >= 0.6 is 0 Å². The maximum atomic E-state index is 11.7. The Balaban J connectivity index is 2.03. The molecule has 0 heterocycles. The van der Waals surface area contributed by atoms with Gasteiger partial charge in [0, 0.05) is 5.57 Å². The summed E-state index contributed by atoms with van der Waals surface area (Å²) in [5.41, 5.74) is 0.825. The second-order valence-corrected chi connectivity index (χ2v) is 5.01. The number of phenolic OH excluding ortho intramolecular Hbond substituents is 1. The van der Waals surface area contributed by atoms with Crippen molar-refractivity contribution in [3.8, 4) is 5.75 Å². The van der Waals surface area contributed by atoms with Crippen LogP contribution in [0.1, 0.15) is 43.0 Å². The van der Waals surface area contributed by atoms with Crippen molar-refractivity contribution in [2.45, 2.75) is 32.6 Å². The van der Waals surface area contributed by atoms with Gasteiger partial charge >= 0.3 is 11.9 Å². The number of aromatic hydroxyl groups is 1. The number of hydrogen-bond acceptors (Lipinski definition) is 5. The number of benzene rings is 1. The lowest BCUT2D eigenvalue weighted by atomic mass is 10.2. The average Bonchev–Trinajstić information content (AvgIpc) is 2.50. The van der Waals surface area contributed by atoms with Crippen LogP contribution in [0.5, 0.6) is 5.75 Å². The zero-order chi connectivity index (χ0) is 16.4. The molecule has 22 heavy (non-hydrogen) atoms. The van der Waals surface area contributed by atoms with E-state index in [1.165, 1.54) is 24.3 Å². The Morgan fingerprint density at radius 1 is 1.00 bits per heavy atom. The van der Waals surface area contributed by atoms with Crippen molar-refractivity contribution in [3.05, 3.63) is 42.0 Å². The van der Waals surface area contributed by atoms with E-state index in [1.54, 1.807) is 6.92 Å². The molecule has 1 aromatic carbocycles. The van der Waals surface area contributed by atoms with Crippen LogP contribution in [-0.2, 0) is 14.3 Å². The number of carbonyl (C=O) groups is 2. The minimum absolute atomic E-state index is 0.115. The van der Waals surface area contributed by atoms with E-state index in [2.05, 4.69) is 6.58 Å². The first-order chi connectivity index (χ1) is 10.5. The molecule has 0 unspecified atom stereocenters. The van der Waals surface area contributed by atoms with Gasteiger partial charge in [0.05, 0.1) is 18.8 Å². The molecule has 1 aromatic rings. The van der Waals surface area contributed by atoms with Crippen LogP contribution in [-0.4, -0.2) is 30.3 Å². The third-order valence-electron chi connectivity index (χ3n) is 2.96. The van der Waals surface area contributed by atoms with Crippen molar-refractivity contribution >= 4 is 11.9 Å². The summed E-state index contributed by atoms with van der Waals surface area (Å²) in [4.78, 5) is 22.8. The summed E-state index contributed by atoms with van der Waals surface area (Å²) in [5.74, 6) is -0.637. The van der Waals surface area contributed by atoms with E-state index in [1.807, 2.05) is 0 Å². The molecule has 5 heteroatoms. The fourth-order valence-corrected chi connectivity index (χ4v) is 1.69. The van der Waals surface area contributed by atoms with E-state index < -0.39 is 5.97 Å². The number of ether oxygens (including phenoxy) is 2. The second kappa shape index (κ2) is 9.60. The molecule has 5 nitrogen and oxygen atoms in total. The monoisotopic (exact) mass is 306 g/mol. The van der Waals surface area contributed by atoms with Crippen molar-refractivity contribution in [1.82, 2.24) is 0 Å². The van der Waals surface area contributed by atoms with Gasteiger partial charge in [0.15, 0.2) is 0 Å². The molecule has 0 amide bonds. The molecule has 0 spiro atoms. The highest BCUT2D eigenvalue weighted by molar-refractivity contribution is 5.89. The molecule has 0 aliphatic carbocycles. The molecule has 0 saturated heterocycles. The third kappa shape index (κ3) is 6.92. The Morgan fingerprint density at radius 2 is 1.55 bits per heavy atom. The largest absolute Gasteiger partial charge is 0.508 e. The topological polar surface area (TPSA) is 72.8 Å². The fraction of sp³-hybridized carbons (Fsp3) is 0.412. The van der Waals surface area contributed by atoms with E-state index in [0.29, 0.717) is 24.4 Å². The van der Waals surface area contributed by atoms with Crippen molar-refractivity contribution in [3.63, 3.8) is 0 Å². The van der Waals surface area contributed by atoms with Gasteiger partial charge < -0.3 is 14.6 Å². The highest BCUT2D eigenvalue weighted by atomic mass is 16.5. The lowest BCUT2D eigenvalue weighted by Crippen LogP contribution is -2.07. The van der Waals surface area contributed by atoms with Crippen LogP contribution in [0.25, 0.3) is 0 Å². The number of esters is 2. The number of rotatable bonds is 9.